The normalized spacial score (nSPS) is 22.3. The van der Waals surface area contributed by atoms with Crippen LogP contribution in [0.15, 0.2) is 30.3 Å². The van der Waals surface area contributed by atoms with Crippen molar-refractivity contribution in [2.24, 2.45) is 5.73 Å². The molecule has 7 nitrogen and oxygen atoms in total. The fraction of sp³-hybridized carbons (Fsp3) is 0.400. The van der Waals surface area contributed by atoms with E-state index in [-0.39, 0.29) is 29.8 Å². The number of amides is 1. The first-order valence-electron chi connectivity index (χ1n) is 11.5. The lowest BCUT2D eigenvalue weighted by atomic mass is 9.73. The number of likely N-dealkylation sites (N-methyl/N-ethyl adjacent to an activating group) is 1. The summed E-state index contributed by atoms with van der Waals surface area (Å²) in [5.74, 6) is -0.598. The molecule has 10 heteroatoms. The van der Waals surface area contributed by atoms with E-state index < -0.39 is 11.6 Å². The van der Waals surface area contributed by atoms with Gasteiger partial charge in [-0.1, -0.05) is 30.5 Å². The molecule has 2 aliphatic rings. The molecule has 1 aliphatic heterocycles. The Labute approximate surface area is 219 Å². The van der Waals surface area contributed by atoms with Crippen LogP contribution in [0.1, 0.15) is 56.4 Å². The van der Waals surface area contributed by atoms with Gasteiger partial charge in [0.1, 0.15) is 11.3 Å². The Morgan fingerprint density at radius 2 is 2.09 bits per heavy atom. The Morgan fingerprint density at radius 1 is 1.29 bits per heavy atom. The minimum Gasteiger partial charge on any atom is -0.507 e. The maximum Gasteiger partial charge on any atom is 0.280 e. The largest absolute Gasteiger partial charge is 0.507 e. The summed E-state index contributed by atoms with van der Waals surface area (Å²) in [5, 5.41) is 15.8. The molecule has 1 aliphatic carbocycles. The average molecular weight is 535 g/mol. The van der Waals surface area contributed by atoms with Crippen LogP contribution in [-0.2, 0) is 13.0 Å². The van der Waals surface area contributed by atoms with Gasteiger partial charge in [0.05, 0.1) is 11.7 Å². The van der Waals surface area contributed by atoms with Crippen LogP contribution in [0.5, 0.6) is 5.75 Å². The second-order valence-corrected chi connectivity index (χ2v) is 10.9. The number of carbonyl (C=O) groups is 2. The van der Waals surface area contributed by atoms with Crippen molar-refractivity contribution in [3.8, 4) is 5.75 Å². The van der Waals surface area contributed by atoms with Crippen molar-refractivity contribution < 1.29 is 14.7 Å². The molecular weight excluding hydrogens is 507 g/mol. The summed E-state index contributed by atoms with van der Waals surface area (Å²) in [6.07, 6.45) is 3.56. The highest BCUT2D eigenvalue weighted by Crippen LogP contribution is 2.34. The molecule has 35 heavy (non-hydrogen) atoms. The summed E-state index contributed by atoms with van der Waals surface area (Å²) in [5.41, 5.74) is 6.79. The molecule has 2 unspecified atom stereocenters. The van der Waals surface area contributed by atoms with Gasteiger partial charge in [0, 0.05) is 40.4 Å². The van der Waals surface area contributed by atoms with E-state index in [0.717, 1.165) is 42.9 Å². The number of carbonyl (C=O) groups excluding carboxylic acids is 2. The summed E-state index contributed by atoms with van der Waals surface area (Å²) >= 11 is 7.46. The number of rotatable bonds is 4. The van der Waals surface area contributed by atoms with Crippen LogP contribution in [0, 0.1) is 0 Å². The van der Waals surface area contributed by atoms with E-state index in [2.05, 4.69) is 22.2 Å². The third-order valence-electron chi connectivity index (χ3n) is 6.96. The number of aromatic hydroxyl groups is 1. The van der Waals surface area contributed by atoms with Gasteiger partial charge in [-0.15, -0.1) is 23.7 Å². The fourth-order valence-corrected chi connectivity index (χ4v) is 6.28. The number of nitrogens with zero attached hydrogens (tertiary/aromatic N) is 2. The summed E-state index contributed by atoms with van der Waals surface area (Å²) in [6.45, 7) is 1.71. The minimum atomic E-state index is -1.27. The molecule has 4 N–H and O–H groups in total. The second kappa shape index (κ2) is 10.0. The van der Waals surface area contributed by atoms with Crippen LogP contribution in [0.25, 0.3) is 10.8 Å². The predicted molar refractivity (Wildman–Crippen MR) is 141 cm³/mol. The van der Waals surface area contributed by atoms with Gasteiger partial charge in [-0.05, 0) is 49.5 Å². The van der Waals surface area contributed by atoms with Crippen molar-refractivity contribution in [2.75, 3.05) is 13.6 Å². The third-order valence-corrected chi connectivity index (χ3v) is 8.27. The smallest absolute Gasteiger partial charge is 0.280 e. The summed E-state index contributed by atoms with van der Waals surface area (Å²) in [6, 6.07) is 7.78. The van der Waals surface area contributed by atoms with Crippen molar-refractivity contribution >= 4 is 57.8 Å². The highest BCUT2D eigenvalue weighted by Gasteiger charge is 2.45. The van der Waals surface area contributed by atoms with Gasteiger partial charge in [-0.3, -0.25) is 9.59 Å². The van der Waals surface area contributed by atoms with E-state index in [1.54, 1.807) is 24.3 Å². The van der Waals surface area contributed by atoms with Gasteiger partial charge in [-0.2, -0.15) is 0 Å². The van der Waals surface area contributed by atoms with E-state index >= 15 is 0 Å². The van der Waals surface area contributed by atoms with E-state index in [1.807, 2.05) is 0 Å². The number of phenolic OH excluding ortho intramolecular Hbond substituents is 1. The molecule has 1 saturated carbocycles. The number of halogens is 2. The lowest BCUT2D eigenvalue weighted by Crippen LogP contribution is -2.64. The molecule has 5 rings (SSSR count). The monoisotopic (exact) mass is 534 g/mol. The number of nitrogens with one attached hydrogen (secondary N) is 1. The number of aromatic nitrogens is 1. The Balaban J connectivity index is 0.00000289. The molecule has 0 radical (unpaired) electrons. The fourth-order valence-electron chi connectivity index (χ4n) is 5.02. The van der Waals surface area contributed by atoms with Crippen LogP contribution in [0.4, 0.5) is 0 Å². The highest BCUT2D eigenvalue weighted by molar-refractivity contribution is 7.13. The van der Waals surface area contributed by atoms with Crippen LogP contribution in [-0.4, -0.2) is 51.9 Å². The van der Waals surface area contributed by atoms with Gasteiger partial charge < -0.3 is 21.1 Å². The molecule has 2 heterocycles. The van der Waals surface area contributed by atoms with Gasteiger partial charge in [0.2, 0.25) is 0 Å². The SMILES string of the molecule is CN1CCc2nc(C(=O)NC3CCCCC3(N)C(=O)c3cc(O)c4cc(Cl)ccc4c3)sc2C1.Cl. The Kier molecular flexibility index (Phi) is 7.41. The molecule has 1 amide bonds. The summed E-state index contributed by atoms with van der Waals surface area (Å²) in [4.78, 5) is 34.7. The topological polar surface area (TPSA) is 109 Å². The van der Waals surface area contributed by atoms with E-state index in [4.69, 9.17) is 17.3 Å². The number of Topliss-reactive ketones (excluding diaryl/α,β-unsaturated/α-hetero) is 1. The lowest BCUT2D eigenvalue weighted by molar-refractivity contribution is 0.0758. The van der Waals surface area contributed by atoms with Crippen molar-refractivity contribution in [2.45, 2.75) is 50.2 Å². The van der Waals surface area contributed by atoms with Gasteiger partial charge in [0.25, 0.3) is 5.91 Å². The average Bonchev–Trinajstić information content (AvgIpc) is 3.24. The summed E-state index contributed by atoms with van der Waals surface area (Å²) < 4.78 is 0. The van der Waals surface area contributed by atoms with Crippen LogP contribution < -0.4 is 11.1 Å². The second-order valence-electron chi connectivity index (χ2n) is 9.38. The number of thiazole rings is 1. The molecule has 0 saturated heterocycles. The van der Waals surface area contributed by atoms with E-state index in [0.29, 0.717) is 39.2 Å². The van der Waals surface area contributed by atoms with Crippen molar-refractivity contribution in [3.63, 3.8) is 0 Å². The third kappa shape index (κ3) is 4.90. The number of phenols is 1. The summed E-state index contributed by atoms with van der Waals surface area (Å²) in [7, 11) is 2.05. The van der Waals surface area contributed by atoms with Crippen molar-refractivity contribution in [3.05, 3.63) is 56.5 Å². The standard InChI is InChI=1S/C25H27ClN4O3S.ClH/c1-30-9-7-18-20(13-30)34-24(28-18)23(33)29-21-4-2-3-8-25(21,27)22(32)15-10-14-5-6-16(26)12-17(14)19(31)11-15;/h5-6,10-12,21,31H,2-4,7-9,13,27H2,1H3,(H,29,33);1H. The minimum absolute atomic E-state index is 0. The zero-order chi connectivity index (χ0) is 24.0. The number of ketones is 1. The maximum absolute atomic E-state index is 13.7. The molecule has 0 bridgehead atoms. The zero-order valence-electron chi connectivity index (χ0n) is 19.3. The molecule has 0 spiro atoms. The van der Waals surface area contributed by atoms with Gasteiger partial charge >= 0.3 is 0 Å². The van der Waals surface area contributed by atoms with Crippen molar-refractivity contribution in [1.82, 2.24) is 15.2 Å². The Morgan fingerprint density at radius 3 is 2.89 bits per heavy atom. The molecule has 3 aromatic rings. The first-order chi connectivity index (χ1) is 16.2. The highest BCUT2D eigenvalue weighted by atomic mass is 35.5. The van der Waals surface area contributed by atoms with Gasteiger partial charge in [-0.25, -0.2) is 4.98 Å². The molecule has 2 aromatic carbocycles. The number of nitrogens with two attached hydrogens (primary N) is 1. The first-order valence-corrected chi connectivity index (χ1v) is 12.7. The molecular formula is C25H28Cl2N4O3S. The Hall–Kier alpha value is -2.23. The number of hydrogen-bond acceptors (Lipinski definition) is 7. The predicted octanol–water partition coefficient (Wildman–Crippen LogP) is 4.32. The number of hydrogen-bond donors (Lipinski definition) is 3. The molecule has 1 fully saturated rings. The molecule has 186 valence electrons. The van der Waals surface area contributed by atoms with Crippen molar-refractivity contribution in [1.29, 1.82) is 0 Å². The van der Waals surface area contributed by atoms with E-state index in [9.17, 15) is 14.7 Å². The van der Waals surface area contributed by atoms with Crippen LogP contribution in [0.2, 0.25) is 5.02 Å². The van der Waals surface area contributed by atoms with E-state index in [1.165, 1.54) is 17.4 Å². The zero-order valence-corrected chi connectivity index (χ0v) is 21.7. The maximum atomic E-state index is 13.7. The molecule has 2 atom stereocenters. The number of benzene rings is 2. The first kappa shape index (κ1) is 25.9. The number of fused-ring (bicyclic) bond motifs is 2. The molecule has 1 aromatic heterocycles. The van der Waals surface area contributed by atoms with Gasteiger partial charge in [0.15, 0.2) is 10.8 Å². The van der Waals surface area contributed by atoms with Crippen LogP contribution >= 0.6 is 35.3 Å². The lowest BCUT2D eigenvalue weighted by Gasteiger charge is -2.40. The van der Waals surface area contributed by atoms with Crippen LogP contribution in [0.3, 0.4) is 0 Å². The Bertz CT molecular complexity index is 1300. The quantitative estimate of drug-likeness (QED) is 0.430.